The number of Topliss-reactive ketones (excluding diaryl/α,β-unsaturated/α-hetero) is 2. The first kappa shape index (κ1) is 14.0. The highest BCUT2D eigenvalue weighted by Crippen LogP contribution is 2.29. The molecule has 3 aromatic carbocycles. The zero-order valence-electron chi connectivity index (χ0n) is 11.8. The van der Waals surface area contributed by atoms with Crippen molar-refractivity contribution in [2.75, 3.05) is 0 Å². The monoisotopic (exact) mass is 290 g/mol. The van der Waals surface area contributed by atoms with E-state index in [4.69, 9.17) is 0 Å². The van der Waals surface area contributed by atoms with Crippen LogP contribution >= 0.6 is 0 Å². The van der Waals surface area contributed by atoms with Crippen LogP contribution in [0.15, 0.2) is 66.7 Å². The maximum Gasteiger partial charge on any atom is 0.174 e. The van der Waals surface area contributed by atoms with Crippen LogP contribution in [0.1, 0.15) is 27.1 Å². The van der Waals surface area contributed by atoms with E-state index >= 15 is 0 Å². The highest BCUT2D eigenvalue weighted by atomic mass is 16.3. The minimum absolute atomic E-state index is 0.0658. The van der Waals surface area contributed by atoms with E-state index in [1.165, 1.54) is 0 Å². The Morgan fingerprint density at radius 1 is 0.773 bits per heavy atom. The Balaban J connectivity index is 1.90. The highest BCUT2D eigenvalue weighted by Gasteiger charge is 2.17. The summed E-state index contributed by atoms with van der Waals surface area (Å²) in [4.78, 5) is 24.4. The number of phenolic OH excluding ortho intramolecular Hbond substituents is 1. The van der Waals surface area contributed by atoms with Crippen molar-refractivity contribution >= 4 is 22.3 Å². The van der Waals surface area contributed by atoms with E-state index in [9.17, 15) is 14.7 Å². The molecule has 0 fully saturated rings. The Kier molecular flexibility index (Phi) is 3.71. The molecule has 108 valence electrons. The quantitative estimate of drug-likeness (QED) is 0.583. The summed E-state index contributed by atoms with van der Waals surface area (Å²) in [6.45, 7) is 0. The Morgan fingerprint density at radius 3 is 2.23 bits per heavy atom. The maximum atomic E-state index is 12.3. The highest BCUT2D eigenvalue weighted by molar-refractivity contribution is 6.15. The van der Waals surface area contributed by atoms with Gasteiger partial charge in [0.15, 0.2) is 11.6 Å². The predicted octanol–water partition coefficient (Wildman–Crippen LogP) is 4.00. The molecule has 3 nitrogen and oxygen atoms in total. The number of rotatable bonds is 4. The molecule has 0 spiro atoms. The molecule has 0 radical (unpaired) electrons. The zero-order chi connectivity index (χ0) is 15.5. The molecule has 0 unspecified atom stereocenters. The Bertz CT molecular complexity index is 851. The zero-order valence-corrected chi connectivity index (χ0v) is 11.8. The third kappa shape index (κ3) is 2.61. The molecule has 0 heterocycles. The SMILES string of the molecule is O=C(CC(=O)c1ccc2ccccc2c1O)c1ccccc1. The summed E-state index contributed by atoms with van der Waals surface area (Å²) in [5.74, 6) is -0.695. The van der Waals surface area contributed by atoms with Gasteiger partial charge in [-0.05, 0) is 11.5 Å². The number of phenols is 1. The van der Waals surface area contributed by atoms with Crippen LogP contribution in [0.3, 0.4) is 0 Å². The van der Waals surface area contributed by atoms with Gasteiger partial charge in [0.05, 0.1) is 12.0 Å². The Labute approximate surface area is 127 Å². The summed E-state index contributed by atoms with van der Waals surface area (Å²) in [5, 5.41) is 11.7. The second-order valence-electron chi connectivity index (χ2n) is 5.07. The molecule has 0 bridgehead atoms. The maximum absolute atomic E-state index is 12.3. The number of fused-ring (bicyclic) bond motifs is 1. The van der Waals surface area contributed by atoms with E-state index in [1.807, 2.05) is 18.2 Å². The summed E-state index contributed by atoms with van der Waals surface area (Å²) < 4.78 is 0. The lowest BCUT2D eigenvalue weighted by Crippen LogP contribution is -2.08. The minimum atomic E-state index is -0.378. The van der Waals surface area contributed by atoms with Crippen LogP contribution in [-0.4, -0.2) is 16.7 Å². The third-order valence-corrected chi connectivity index (χ3v) is 3.62. The molecule has 0 saturated carbocycles. The van der Waals surface area contributed by atoms with E-state index in [0.717, 1.165) is 5.39 Å². The molecular formula is C19H14O3. The van der Waals surface area contributed by atoms with E-state index in [1.54, 1.807) is 48.5 Å². The first-order valence-electron chi connectivity index (χ1n) is 6.99. The van der Waals surface area contributed by atoms with Gasteiger partial charge in [0, 0.05) is 10.9 Å². The second kappa shape index (κ2) is 5.82. The largest absolute Gasteiger partial charge is 0.507 e. The van der Waals surface area contributed by atoms with E-state index in [-0.39, 0.29) is 29.3 Å². The number of benzene rings is 3. The minimum Gasteiger partial charge on any atom is -0.507 e. The number of hydrogen-bond donors (Lipinski definition) is 1. The van der Waals surface area contributed by atoms with Gasteiger partial charge in [-0.3, -0.25) is 9.59 Å². The predicted molar refractivity (Wildman–Crippen MR) is 85.3 cm³/mol. The van der Waals surface area contributed by atoms with Crippen LogP contribution in [-0.2, 0) is 0 Å². The van der Waals surface area contributed by atoms with Gasteiger partial charge >= 0.3 is 0 Å². The van der Waals surface area contributed by atoms with Crippen molar-refractivity contribution in [3.63, 3.8) is 0 Å². The van der Waals surface area contributed by atoms with Gasteiger partial charge in [0.1, 0.15) is 5.75 Å². The third-order valence-electron chi connectivity index (χ3n) is 3.62. The number of aromatic hydroxyl groups is 1. The van der Waals surface area contributed by atoms with E-state index in [2.05, 4.69) is 0 Å². The number of carbonyl (C=O) groups is 2. The number of hydrogen-bond acceptors (Lipinski definition) is 3. The average Bonchev–Trinajstić information content (AvgIpc) is 2.56. The Morgan fingerprint density at radius 2 is 1.45 bits per heavy atom. The van der Waals surface area contributed by atoms with Crippen LogP contribution in [0, 0.1) is 0 Å². The van der Waals surface area contributed by atoms with Crippen molar-refractivity contribution in [1.82, 2.24) is 0 Å². The van der Waals surface area contributed by atoms with E-state index in [0.29, 0.717) is 10.9 Å². The summed E-state index contributed by atoms with van der Waals surface area (Å²) >= 11 is 0. The normalized spacial score (nSPS) is 10.5. The molecule has 0 aliphatic rings. The van der Waals surface area contributed by atoms with Crippen molar-refractivity contribution in [3.8, 4) is 5.75 Å². The summed E-state index contributed by atoms with van der Waals surface area (Å²) in [7, 11) is 0. The van der Waals surface area contributed by atoms with Gasteiger partial charge < -0.3 is 5.11 Å². The van der Waals surface area contributed by atoms with Gasteiger partial charge in [0.2, 0.25) is 0 Å². The molecule has 0 aromatic heterocycles. The van der Waals surface area contributed by atoms with E-state index < -0.39 is 0 Å². The molecule has 3 heteroatoms. The summed E-state index contributed by atoms with van der Waals surface area (Å²) in [6.07, 6.45) is -0.254. The standard InChI is InChI=1S/C19H14O3/c20-17(14-7-2-1-3-8-14)12-18(21)16-11-10-13-6-4-5-9-15(13)19(16)22/h1-11,22H,12H2. The topological polar surface area (TPSA) is 54.4 Å². The fourth-order valence-electron chi connectivity index (χ4n) is 2.45. The smallest absolute Gasteiger partial charge is 0.174 e. The summed E-state index contributed by atoms with van der Waals surface area (Å²) in [5.41, 5.74) is 0.680. The van der Waals surface area contributed by atoms with Crippen LogP contribution in [0.4, 0.5) is 0 Å². The van der Waals surface area contributed by atoms with Crippen LogP contribution in [0.25, 0.3) is 10.8 Å². The number of carbonyl (C=O) groups excluding carboxylic acids is 2. The molecule has 0 saturated heterocycles. The van der Waals surface area contributed by atoms with Crippen molar-refractivity contribution in [2.24, 2.45) is 0 Å². The average molecular weight is 290 g/mol. The Hall–Kier alpha value is -2.94. The molecule has 0 aliphatic carbocycles. The van der Waals surface area contributed by atoms with Crippen LogP contribution in [0.5, 0.6) is 5.75 Å². The molecule has 0 atom stereocenters. The van der Waals surface area contributed by atoms with Gasteiger partial charge in [-0.1, -0.05) is 60.7 Å². The van der Waals surface area contributed by atoms with Crippen molar-refractivity contribution in [1.29, 1.82) is 0 Å². The lowest BCUT2D eigenvalue weighted by Gasteiger charge is -2.07. The lowest BCUT2D eigenvalue weighted by atomic mass is 9.98. The van der Waals surface area contributed by atoms with Crippen molar-refractivity contribution in [3.05, 3.63) is 77.9 Å². The molecule has 0 amide bonds. The first-order valence-corrected chi connectivity index (χ1v) is 6.99. The fraction of sp³-hybridized carbons (Fsp3) is 0.0526. The van der Waals surface area contributed by atoms with Crippen molar-refractivity contribution in [2.45, 2.75) is 6.42 Å². The second-order valence-corrected chi connectivity index (χ2v) is 5.07. The van der Waals surface area contributed by atoms with Crippen molar-refractivity contribution < 1.29 is 14.7 Å². The molecule has 0 aliphatic heterocycles. The fourth-order valence-corrected chi connectivity index (χ4v) is 2.45. The van der Waals surface area contributed by atoms with Gasteiger partial charge in [-0.25, -0.2) is 0 Å². The molecular weight excluding hydrogens is 276 g/mol. The van der Waals surface area contributed by atoms with Crippen LogP contribution in [0.2, 0.25) is 0 Å². The number of ketones is 2. The molecule has 3 aromatic rings. The summed E-state index contributed by atoms with van der Waals surface area (Å²) in [6, 6.07) is 19.3. The molecule has 22 heavy (non-hydrogen) atoms. The first-order chi connectivity index (χ1) is 10.7. The lowest BCUT2D eigenvalue weighted by molar-refractivity contribution is 0.0893. The van der Waals surface area contributed by atoms with Gasteiger partial charge in [0.25, 0.3) is 0 Å². The molecule has 3 rings (SSSR count). The molecule has 1 N–H and O–H groups in total. The van der Waals surface area contributed by atoms with Gasteiger partial charge in [-0.15, -0.1) is 0 Å². The van der Waals surface area contributed by atoms with Crippen LogP contribution < -0.4 is 0 Å². The van der Waals surface area contributed by atoms with Gasteiger partial charge in [-0.2, -0.15) is 0 Å².